The van der Waals surface area contributed by atoms with Crippen LogP contribution >= 0.6 is 15.9 Å². The molecule has 5 nitrogen and oxygen atoms in total. The number of halogens is 2. The van der Waals surface area contributed by atoms with E-state index in [1.165, 1.54) is 30.3 Å². The summed E-state index contributed by atoms with van der Waals surface area (Å²) in [5, 5.41) is 10.8. The number of esters is 1. The largest absolute Gasteiger partial charge is 0.423 e. The van der Waals surface area contributed by atoms with Gasteiger partial charge in [-0.05, 0) is 46.3 Å². The Hall–Kier alpha value is -2.28. The molecule has 0 aliphatic carbocycles. The second-order valence-corrected chi connectivity index (χ2v) is 4.53. The quantitative estimate of drug-likeness (QED) is 0.370. The average molecular weight is 340 g/mol. The fourth-order valence-corrected chi connectivity index (χ4v) is 2.05. The van der Waals surface area contributed by atoms with Crippen molar-refractivity contribution in [3.63, 3.8) is 0 Å². The van der Waals surface area contributed by atoms with Crippen LogP contribution in [0.4, 0.5) is 10.1 Å². The molecule has 0 heterocycles. The first-order chi connectivity index (χ1) is 9.49. The first kappa shape index (κ1) is 14.1. The minimum atomic E-state index is -0.771. The number of carbonyl (C=O) groups excluding carboxylic acids is 1. The Bertz CT molecular complexity index is 673. The first-order valence-electron chi connectivity index (χ1n) is 5.39. The fourth-order valence-electron chi connectivity index (χ4n) is 1.48. The van der Waals surface area contributed by atoms with E-state index in [0.29, 0.717) is 0 Å². The van der Waals surface area contributed by atoms with Crippen molar-refractivity contribution in [1.29, 1.82) is 0 Å². The van der Waals surface area contributed by atoms with E-state index in [-0.39, 0.29) is 21.5 Å². The Labute approximate surface area is 121 Å². The molecule has 0 unspecified atom stereocenters. The van der Waals surface area contributed by atoms with Crippen LogP contribution < -0.4 is 4.74 Å². The summed E-state index contributed by atoms with van der Waals surface area (Å²) in [5.41, 5.74) is -0.220. The third-order valence-corrected chi connectivity index (χ3v) is 3.25. The maximum absolute atomic E-state index is 12.7. The number of hydrogen-bond acceptors (Lipinski definition) is 4. The van der Waals surface area contributed by atoms with Crippen LogP contribution in [0, 0.1) is 15.9 Å². The summed E-state index contributed by atoms with van der Waals surface area (Å²) < 4.78 is 17.8. The van der Waals surface area contributed by atoms with E-state index < -0.39 is 16.7 Å². The van der Waals surface area contributed by atoms with Gasteiger partial charge in [-0.15, -0.1) is 0 Å². The molecule has 0 aliphatic rings. The molecule has 0 atom stereocenters. The van der Waals surface area contributed by atoms with Crippen molar-refractivity contribution < 1.29 is 18.8 Å². The zero-order valence-corrected chi connectivity index (χ0v) is 11.5. The third-order valence-electron chi connectivity index (χ3n) is 2.42. The Morgan fingerprint density at radius 2 is 1.85 bits per heavy atom. The van der Waals surface area contributed by atoms with E-state index in [1.54, 1.807) is 0 Å². The van der Waals surface area contributed by atoms with Crippen LogP contribution in [0.5, 0.6) is 5.75 Å². The summed E-state index contributed by atoms with van der Waals surface area (Å²) in [4.78, 5) is 22.1. The van der Waals surface area contributed by atoms with Gasteiger partial charge in [0.1, 0.15) is 16.0 Å². The minimum absolute atomic E-state index is 0.0172. The highest BCUT2D eigenvalue weighted by atomic mass is 79.9. The number of benzene rings is 2. The van der Waals surface area contributed by atoms with E-state index in [9.17, 15) is 19.3 Å². The summed E-state index contributed by atoms with van der Waals surface area (Å²) in [6.07, 6.45) is 0. The van der Waals surface area contributed by atoms with Crippen molar-refractivity contribution in [2.24, 2.45) is 0 Å². The van der Waals surface area contributed by atoms with Crippen molar-refractivity contribution in [3.05, 3.63) is 68.4 Å². The van der Waals surface area contributed by atoms with Crippen LogP contribution in [0.2, 0.25) is 0 Å². The number of ether oxygens (including phenoxy) is 1. The van der Waals surface area contributed by atoms with Gasteiger partial charge in [0.05, 0.1) is 10.5 Å². The lowest BCUT2D eigenvalue weighted by Crippen LogP contribution is -2.10. The van der Waals surface area contributed by atoms with Crippen molar-refractivity contribution >= 4 is 27.6 Å². The highest BCUT2D eigenvalue weighted by Gasteiger charge is 2.20. The first-order valence-corrected chi connectivity index (χ1v) is 6.19. The molecule has 0 bridgehead atoms. The summed E-state index contributed by atoms with van der Waals surface area (Å²) in [6.45, 7) is 0. The predicted octanol–water partition coefficient (Wildman–Crippen LogP) is 3.72. The van der Waals surface area contributed by atoms with Gasteiger partial charge in [-0.3, -0.25) is 10.1 Å². The molecule has 2 aromatic rings. The van der Waals surface area contributed by atoms with Crippen LogP contribution in [-0.2, 0) is 0 Å². The van der Waals surface area contributed by atoms with Crippen LogP contribution in [-0.4, -0.2) is 10.9 Å². The van der Waals surface area contributed by atoms with E-state index in [2.05, 4.69) is 15.9 Å². The van der Waals surface area contributed by atoms with Crippen LogP contribution in [0.3, 0.4) is 0 Å². The molecule has 0 saturated heterocycles. The summed E-state index contributed by atoms with van der Waals surface area (Å²) in [5.74, 6) is -1.08. The number of carbonyl (C=O) groups is 1. The van der Waals surface area contributed by atoms with Gasteiger partial charge in [0, 0.05) is 6.07 Å². The average Bonchev–Trinajstić information content (AvgIpc) is 2.41. The van der Waals surface area contributed by atoms with Gasteiger partial charge in [-0.2, -0.15) is 0 Å². The third kappa shape index (κ3) is 3.00. The van der Waals surface area contributed by atoms with E-state index in [1.807, 2.05) is 0 Å². The van der Waals surface area contributed by atoms with Crippen molar-refractivity contribution in [2.75, 3.05) is 0 Å². The maximum atomic E-state index is 12.7. The molecule has 0 saturated carbocycles. The fraction of sp³-hybridized carbons (Fsp3) is 0. The number of rotatable bonds is 3. The summed E-state index contributed by atoms with van der Waals surface area (Å²) in [7, 11) is 0. The molecular formula is C13H7BrFNO4. The smallest absolute Gasteiger partial charge is 0.344 e. The molecule has 0 aromatic heterocycles. The zero-order chi connectivity index (χ0) is 14.7. The van der Waals surface area contributed by atoms with Crippen LogP contribution in [0.15, 0.2) is 46.9 Å². The lowest BCUT2D eigenvalue weighted by molar-refractivity contribution is -0.385. The lowest BCUT2D eigenvalue weighted by atomic mass is 10.2. The number of nitro groups is 1. The number of hydrogen-bond donors (Lipinski definition) is 0. The Kier molecular flexibility index (Phi) is 4.09. The Morgan fingerprint density at radius 3 is 2.45 bits per heavy atom. The van der Waals surface area contributed by atoms with Crippen LogP contribution in [0.1, 0.15) is 10.4 Å². The molecule has 2 rings (SSSR count). The standard InChI is InChI=1S/C13H7BrFNO4/c14-12-10(2-1-3-11(12)16(18)19)13(17)20-9-6-4-8(15)5-7-9/h1-7H. The lowest BCUT2D eigenvalue weighted by Gasteiger charge is -2.06. The van der Waals surface area contributed by atoms with Gasteiger partial charge in [-0.1, -0.05) is 6.07 Å². The van der Waals surface area contributed by atoms with Gasteiger partial charge in [0.15, 0.2) is 0 Å². The Balaban J connectivity index is 2.28. The van der Waals surface area contributed by atoms with Gasteiger partial charge >= 0.3 is 5.97 Å². The zero-order valence-electron chi connectivity index (χ0n) is 9.88. The normalized spacial score (nSPS) is 10.1. The molecule has 0 fully saturated rings. The maximum Gasteiger partial charge on any atom is 0.344 e. The molecule has 0 radical (unpaired) electrons. The number of nitro benzene ring substituents is 1. The molecule has 7 heteroatoms. The van der Waals surface area contributed by atoms with Crippen LogP contribution in [0.25, 0.3) is 0 Å². The van der Waals surface area contributed by atoms with E-state index >= 15 is 0 Å². The Morgan fingerprint density at radius 1 is 1.20 bits per heavy atom. The molecule has 0 amide bonds. The second-order valence-electron chi connectivity index (χ2n) is 3.74. The van der Waals surface area contributed by atoms with E-state index in [4.69, 9.17) is 4.74 Å². The van der Waals surface area contributed by atoms with Gasteiger partial charge < -0.3 is 4.74 Å². The minimum Gasteiger partial charge on any atom is -0.423 e. The monoisotopic (exact) mass is 339 g/mol. The van der Waals surface area contributed by atoms with Crippen molar-refractivity contribution in [1.82, 2.24) is 0 Å². The second kappa shape index (κ2) is 5.79. The van der Waals surface area contributed by atoms with Gasteiger partial charge in [0.2, 0.25) is 0 Å². The molecule has 2 aromatic carbocycles. The molecular weight excluding hydrogens is 333 g/mol. The molecule has 20 heavy (non-hydrogen) atoms. The topological polar surface area (TPSA) is 69.4 Å². The van der Waals surface area contributed by atoms with E-state index in [0.717, 1.165) is 12.1 Å². The predicted molar refractivity (Wildman–Crippen MR) is 72.2 cm³/mol. The van der Waals surface area contributed by atoms with Gasteiger partial charge in [0.25, 0.3) is 5.69 Å². The van der Waals surface area contributed by atoms with Crippen molar-refractivity contribution in [3.8, 4) is 5.75 Å². The molecule has 0 N–H and O–H groups in total. The van der Waals surface area contributed by atoms with Crippen molar-refractivity contribution in [2.45, 2.75) is 0 Å². The SMILES string of the molecule is O=C(Oc1ccc(F)cc1)c1cccc([N+](=O)[O-])c1Br. The number of nitrogens with zero attached hydrogens (tertiary/aromatic N) is 1. The summed E-state index contributed by atoms with van der Waals surface area (Å²) in [6, 6.07) is 8.90. The highest BCUT2D eigenvalue weighted by molar-refractivity contribution is 9.10. The molecule has 0 spiro atoms. The molecule has 102 valence electrons. The highest BCUT2D eigenvalue weighted by Crippen LogP contribution is 2.29. The summed E-state index contributed by atoms with van der Waals surface area (Å²) >= 11 is 3.00. The molecule has 0 aliphatic heterocycles. The van der Waals surface area contributed by atoms with Gasteiger partial charge in [-0.25, -0.2) is 9.18 Å².